The Bertz CT molecular complexity index is 1430. The van der Waals surface area contributed by atoms with Gasteiger partial charge in [-0.3, -0.25) is 15.3 Å². The van der Waals surface area contributed by atoms with Crippen LogP contribution in [0.1, 0.15) is 11.7 Å². The largest absolute Gasteiger partial charge is 0.504 e. The minimum Gasteiger partial charge on any atom is -0.504 e. The lowest BCUT2D eigenvalue weighted by molar-refractivity contribution is -0.124. The number of para-hydroxylation sites is 1. The maximum atomic E-state index is 13.2. The molecule has 2 atom stereocenters. The van der Waals surface area contributed by atoms with Gasteiger partial charge in [-0.15, -0.1) is 0 Å². The van der Waals surface area contributed by atoms with Crippen LogP contribution in [0.4, 0.5) is 10.5 Å². The van der Waals surface area contributed by atoms with Crippen molar-refractivity contribution < 1.29 is 34.1 Å². The number of hydrogen-bond acceptors (Lipinski definition) is 7. The smallest absolute Gasteiger partial charge is 0.412 e. The molecule has 4 N–H and O–H groups in total. The second-order valence-corrected chi connectivity index (χ2v) is 8.14. The van der Waals surface area contributed by atoms with Gasteiger partial charge in [0, 0.05) is 17.0 Å². The molecule has 0 aliphatic rings. The van der Waals surface area contributed by atoms with E-state index in [4.69, 9.17) is 19.4 Å². The number of hydroxylamine groups is 1. The number of phenolic OH excluding ortho intramolecular Hbond substituents is 1. The van der Waals surface area contributed by atoms with Gasteiger partial charge in [-0.25, -0.2) is 10.3 Å². The summed E-state index contributed by atoms with van der Waals surface area (Å²) in [5.41, 5.74) is 2.43. The monoisotopic (exact) mass is 514 g/mol. The highest BCUT2D eigenvalue weighted by Gasteiger charge is 2.29. The lowest BCUT2D eigenvalue weighted by Crippen LogP contribution is -2.30. The Balaban J connectivity index is 1.70. The predicted octanol–water partition coefficient (Wildman–Crippen LogP) is 5.35. The molecule has 9 nitrogen and oxygen atoms in total. The maximum absolute atomic E-state index is 13.2. The third kappa shape index (κ3) is 6.40. The van der Waals surface area contributed by atoms with Crippen molar-refractivity contribution in [2.24, 2.45) is 0 Å². The van der Waals surface area contributed by atoms with Crippen molar-refractivity contribution in [3.05, 3.63) is 109 Å². The summed E-state index contributed by atoms with van der Waals surface area (Å²) >= 11 is 0. The lowest BCUT2D eigenvalue weighted by atomic mass is 10.0. The van der Waals surface area contributed by atoms with E-state index in [1.54, 1.807) is 36.4 Å². The van der Waals surface area contributed by atoms with E-state index in [0.717, 1.165) is 16.8 Å². The van der Waals surface area contributed by atoms with E-state index in [0.29, 0.717) is 17.0 Å². The molecule has 0 radical (unpaired) electrons. The van der Waals surface area contributed by atoms with Crippen LogP contribution in [0.15, 0.2) is 103 Å². The minimum absolute atomic E-state index is 0.177. The van der Waals surface area contributed by atoms with Crippen LogP contribution < -0.4 is 20.3 Å². The summed E-state index contributed by atoms with van der Waals surface area (Å²) in [7, 11) is 1.41. The second-order valence-electron chi connectivity index (χ2n) is 8.14. The first-order valence-corrected chi connectivity index (χ1v) is 11.6. The van der Waals surface area contributed by atoms with Gasteiger partial charge < -0.3 is 19.3 Å². The van der Waals surface area contributed by atoms with E-state index in [1.165, 1.54) is 30.8 Å². The highest BCUT2D eigenvalue weighted by atomic mass is 16.6. The van der Waals surface area contributed by atoms with Crippen molar-refractivity contribution in [3.63, 3.8) is 0 Å². The molecule has 0 bridgehead atoms. The molecule has 194 valence electrons. The van der Waals surface area contributed by atoms with E-state index in [9.17, 15) is 14.7 Å². The normalized spacial score (nSPS) is 12.5. The molecular weight excluding hydrogens is 488 g/mol. The van der Waals surface area contributed by atoms with Gasteiger partial charge in [0.15, 0.2) is 23.7 Å². The van der Waals surface area contributed by atoms with Gasteiger partial charge in [-0.2, -0.15) is 0 Å². The average Bonchev–Trinajstić information content (AvgIpc) is 2.94. The molecule has 2 amide bonds. The summed E-state index contributed by atoms with van der Waals surface area (Å²) in [4.78, 5) is 25.0. The van der Waals surface area contributed by atoms with E-state index in [2.05, 4.69) is 5.32 Å². The van der Waals surface area contributed by atoms with Gasteiger partial charge in [-0.1, -0.05) is 60.7 Å². The molecule has 0 saturated carbocycles. The van der Waals surface area contributed by atoms with Gasteiger partial charge in [0.1, 0.15) is 5.75 Å². The molecule has 9 heteroatoms. The average molecular weight is 515 g/mol. The number of anilines is 1. The number of fused-ring (bicyclic) bond motifs is 1. The molecule has 4 aromatic carbocycles. The number of nitrogens with one attached hydrogen (secondary N) is 2. The molecule has 0 spiro atoms. The molecule has 0 unspecified atom stereocenters. The zero-order chi connectivity index (χ0) is 26.9. The van der Waals surface area contributed by atoms with Gasteiger partial charge in [-0.05, 0) is 41.8 Å². The van der Waals surface area contributed by atoms with Crippen LogP contribution in [0.5, 0.6) is 17.2 Å². The van der Waals surface area contributed by atoms with Crippen LogP contribution in [0.2, 0.25) is 0 Å². The van der Waals surface area contributed by atoms with Gasteiger partial charge in [0.05, 0.1) is 12.8 Å². The fraction of sp³-hybridized carbons (Fsp3) is 0.103. The number of amides is 2. The highest BCUT2D eigenvalue weighted by molar-refractivity contribution is 6.00. The van der Waals surface area contributed by atoms with Crippen LogP contribution >= 0.6 is 0 Å². The van der Waals surface area contributed by atoms with Gasteiger partial charge in [0.25, 0.3) is 5.91 Å². The first kappa shape index (κ1) is 26.1. The molecule has 0 heterocycles. The van der Waals surface area contributed by atoms with Crippen molar-refractivity contribution in [1.82, 2.24) is 5.48 Å². The zero-order valence-corrected chi connectivity index (χ0v) is 20.4. The topological polar surface area (TPSA) is 126 Å². The SMILES string of the molecule is COc1ccc([C@@H](OC(=O)Nc2cccc3ccccc23)[C@@H](/C=C/C(=O)NO)Oc2ccccc2)cc1O. The number of methoxy groups -OCH3 is 1. The third-order valence-electron chi connectivity index (χ3n) is 5.65. The fourth-order valence-electron chi connectivity index (χ4n) is 3.88. The molecular formula is C29H26N2O7. The first-order chi connectivity index (χ1) is 18.5. The number of carbonyl (C=O) groups is 2. The molecule has 4 rings (SSSR count). The number of hydrogen-bond donors (Lipinski definition) is 4. The molecule has 4 aromatic rings. The predicted molar refractivity (Wildman–Crippen MR) is 141 cm³/mol. The fourth-order valence-corrected chi connectivity index (χ4v) is 3.88. The summed E-state index contributed by atoms with van der Waals surface area (Å²) in [6.07, 6.45) is -0.570. The van der Waals surface area contributed by atoms with E-state index < -0.39 is 24.2 Å². The Morgan fingerprint density at radius 2 is 1.66 bits per heavy atom. The van der Waals surface area contributed by atoms with E-state index >= 15 is 0 Å². The summed E-state index contributed by atoms with van der Waals surface area (Å²) in [6.45, 7) is 0. The number of carbonyl (C=O) groups excluding carboxylic acids is 2. The Hall–Kier alpha value is -5.02. The van der Waals surface area contributed by atoms with E-state index in [1.807, 2.05) is 42.5 Å². The standard InChI is InChI=1S/C29H26N2O7/c1-36-25-15-14-20(18-24(25)32)28(26(16-17-27(33)31-35)37-21-10-3-2-4-11-21)38-29(34)30-23-13-7-9-19-8-5-6-12-22(19)23/h2-18,26,28,32,35H,1H3,(H,30,34)(H,31,33)/b17-16+/t26-,28-/m1/s1. The number of phenols is 1. The van der Waals surface area contributed by atoms with Crippen LogP contribution in [0, 0.1) is 0 Å². The van der Waals surface area contributed by atoms with Crippen LogP contribution in [-0.4, -0.2) is 35.5 Å². The molecule has 0 aliphatic heterocycles. The van der Waals surface area contributed by atoms with Crippen molar-refractivity contribution in [2.75, 3.05) is 12.4 Å². The van der Waals surface area contributed by atoms with Crippen molar-refractivity contribution in [2.45, 2.75) is 12.2 Å². The number of aromatic hydroxyl groups is 1. The first-order valence-electron chi connectivity index (χ1n) is 11.6. The number of benzene rings is 4. The van der Waals surface area contributed by atoms with E-state index in [-0.39, 0.29) is 11.5 Å². The van der Waals surface area contributed by atoms with Crippen LogP contribution in [-0.2, 0) is 9.53 Å². The Kier molecular flexibility index (Phi) is 8.42. The molecule has 0 aromatic heterocycles. The van der Waals surface area contributed by atoms with Crippen LogP contribution in [0.3, 0.4) is 0 Å². The highest BCUT2D eigenvalue weighted by Crippen LogP contribution is 2.34. The summed E-state index contributed by atoms with van der Waals surface area (Å²) < 4.78 is 17.1. The summed E-state index contributed by atoms with van der Waals surface area (Å²) in [5.74, 6) is -0.317. The quantitative estimate of drug-likeness (QED) is 0.135. The Morgan fingerprint density at radius 1 is 0.921 bits per heavy atom. The minimum atomic E-state index is -1.13. The number of rotatable bonds is 9. The zero-order valence-electron chi connectivity index (χ0n) is 20.4. The second kappa shape index (κ2) is 12.3. The summed E-state index contributed by atoms with van der Waals surface area (Å²) in [5, 5.41) is 23.9. The molecule has 0 aliphatic carbocycles. The summed E-state index contributed by atoms with van der Waals surface area (Å²) in [6, 6.07) is 26.3. The molecule has 0 saturated heterocycles. The molecule has 0 fully saturated rings. The van der Waals surface area contributed by atoms with Crippen molar-refractivity contribution >= 4 is 28.5 Å². The Labute approximate surface area is 218 Å². The third-order valence-corrected chi connectivity index (χ3v) is 5.65. The maximum Gasteiger partial charge on any atom is 0.412 e. The lowest BCUT2D eigenvalue weighted by Gasteiger charge is -2.26. The van der Waals surface area contributed by atoms with Gasteiger partial charge in [0.2, 0.25) is 0 Å². The van der Waals surface area contributed by atoms with Crippen LogP contribution in [0.25, 0.3) is 10.8 Å². The van der Waals surface area contributed by atoms with Gasteiger partial charge >= 0.3 is 6.09 Å². The number of ether oxygens (including phenoxy) is 3. The van der Waals surface area contributed by atoms with Crippen molar-refractivity contribution in [1.29, 1.82) is 0 Å². The molecule has 38 heavy (non-hydrogen) atoms. The Morgan fingerprint density at radius 3 is 2.39 bits per heavy atom. The van der Waals surface area contributed by atoms with Crippen molar-refractivity contribution in [3.8, 4) is 17.2 Å².